The average Bonchev–Trinajstić information content (AvgIpc) is 2.79. The van der Waals surface area contributed by atoms with Gasteiger partial charge in [-0.2, -0.15) is 0 Å². The zero-order valence-electron chi connectivity index (χ0n) is 17.1. The minimum Gasteiger partial charge on any atom is -0.487 e. The Hall–Kier alpha value is -2.30. The van der Waals surface area contributed by atoms with Crippen molar-refractivity contribution < 1.29 is 19.3 Å². The van der Waals surface area contributed by atoms with Crippen LogP contribution in [0.2, 0.25) is 6.82 Å². The number of hydrogen-bond acceptors (Lipinski definition) is 6. The van der Waals surface area contributed by atoms with E-state index in [0.717, 1.165) is 20.2 Å². The maximum atomic E-state index is 12.1. The molecule has 0 atom stereocenters. The number of nitrogens with zero attached hydrogens (tertiary/aromatic N) is 2. The topological polar surface area (TPSA) is 71.9 Å². The van der Waals surface area contributed by atoms with Crippen LogP contribution in [0.5, 0.6) is 5.75 Å². The van der Waals surface area contributed by atoms with E-state index in [-0.39, 0.29) is 0 Å². The molecule has 3 rings (SSSR count). The molecule has 0 unspecified atom stereocenters. The Kier molecular flexibility index (Phi) is 8.17. The van der Waals surface area contributed by atoms with Crippen LogP contribution in [0.15, 0.2) is 60.3 Å². The van der Waals surface area contributed by atoms with Crippen LogP contribution < -0.4 is 9.55 Å². The summed E-state index contributed by atoms with van der Waals surface area (Å²) in [4.78, 5) is 18.3. The fraction of sp³-hybridized carbons (Fsp3) is 0.182. The second-order valence-electron chi connectivity index (χ2n) is 6.74. The predicted octanol–water partition coefficient (Wildman–Crippen LogP) is 4.87. The molecule has 0 fully saturated rings. The van der Waals surface area contributed by atoms with Crippen LogP contribution >= 0.6 is 34.2 Å². The molecule has 1 heterocycles. The van der Waals surface area contributed by atoms with Crippen molar-refractivity contribution in [3.63, 3.8) is 0 Å². The van der Waals surface area contributed by atoms with Crippen molar-refractivity contribution in [3.05, 3.63) is 75.0 Å². The number of hydrogen-bond donors (Lipinski definition) is 1. The van der Waals surface area contributed by atoms with Crippen molar-refractivity contribution in [2.75, 3.05) is 18.5 Å². The number of carbonyl (C=O) groups is 1. The molecule has 31 heavy (non-hydrogen) atoms. The zero-order chi connectivity index (χ0) is 22.4. The highest BCUT2D eigenvalue weighted by atomic mass is 127. The summed E-state index contributed by atoms with van der Waals surface area (Å²) in [5.41, 5.74) is 4.12. The second-order valence-corrected chi connectivity index (χ2v) is 8.07. The lowest BCUT2D eigenvalue weighted by Gasteiger charge is -2.27. The van der Waals surface area contributed by atoms with Crippen LogP contribution in [0.1, 0.15) is 15.9 Å². The van der Waals surface area contributed by atoms with Gasteiger partial charge in [0, 0.05) is 39.0 Å². The van der Waals surface area contributed by atoms with E-state index in [1.165, 1.54) is 18.8 Å². The van der Waals surface area contributed by atoms with E-state index in [4.69, 9.17) is 21.1 Å². The first-order valence-corrected chi connectivity index (χ1v) is 11.0. The van der Waals surface area contributed by atoms with Gasteiger partial charge in [-0.15, -0.1) is 0 Å². The molecule has 0 saturated heterocycles. The summed E-state index contributed by atoms with van der Waals surface area (Å²) in [6.07, 6.45) is 3.21. The van der Waals surface area contributed by atoms with Gasteiger partial charge in [-0.25, -0.2) is 4.79 Å². The standard InChI is InChI=1S/C22H21BClIN2O4/c1-23(29)27(10-6-9-24)18-12-19(31-14-15-7-4-3-5-8-15)21-17(20(18)25)11-16(13-26-21)22(28)30-2/h3-9,11-13,29H,10,14H2,1-2H3/b9-6+. The maximum absolute atomic E-state index is 12.1. The van der Waals surface area contributed by atoms with Gasteiger partial charge in [-0.1, -0.05) is 48.0 Å². The van der Waals surface area contributed by atoms with Crippen molar-refractivity contribution >= 4 is 63.8 Å². The number of anilines is 1. The number of methoxy groups -OCH3 is 1. The number of ether oxygens (including phenoxy) is 2. The van der Waals surface area contributed by atoms with Crippen molar-refractivity contribution in [2.24, 2.45) is 0 Å². The molecule has 1 aromatic heterocycles. The molecule has 0 amide bonds. The highest BCUT2D eigenvalue weighted by Crippen LogP contribution is 2.37. The van der Waals surface area contributed by atoms with Crippen LogP contribution in [-0.4, -0.2) is 36.7 Å². The summed E-state index contributed by atoms with van der Waals surface area (Å²) in [5.74, 6) is 0.0750. The summed E-state index contributed by atoms with van der Waals surface area (Å²) in [5, 5.41) is 11.1. The monoisotopic (exact) mass is 550 g/mol. The van der Waals surface area contributed by atoms with Gasteiger partial charge in [-0.05, 0) is 41.0 Å². The highest BCUT2D eigenvalue weighted by Gasteiger charge is 2.23. The average molecular weight is 551 g/mol. The molecule has 0 aliphatic rings. The van der Waals surface area contributed by atoms with Crippen molar-refractivity contribution in [3.8, 4) is 5.75 Å². The van der Waals surface area contributed by atoms with E-state index >= 15 is 0 Å². The molecule has 2 aromatic carbocycles. The minimum atomic E-state index is -0.780. The van der Waals surface area contributed by atoms with Gasteiger partial charge in [0.1, 0.15) is 17.9 Å². The van der Waals surface area contributed by atoms with Crippen LogP contribution in [0.25, 0.3) is 10.9 Å². The highest BCUT2D eigenvalue weighted by molar-refractivity contribution is 14.1. The van der Waals surface area contributed by atoms with Gasteiger partial charge in [0.2, 0.25) is 0 Å². The fourth-order valence-corrected chi connectivity index (χ4v) is 4.07. The molecular formula is C22H21BClIN2O4. The molecule has 0 bridgehead atoms. The molecule has 160 valence electrons. The fourth-order valence-electron chi connectivity index (χ4n) is 3.11. The Bertz CT molecular complexity index is 1100. The molecule has 0 aliphatic carbocycles. The minimum absolute atomic E-state index is 0.336. The van der Waals surface area contributed by atoms with Crippen LogP contribution in [0.4, 0.5) is 5.69 Å². The largest absolute Gasteiger partial charge is 0.487 e. The molecule has 1 N–H and O–H groups in total. The quantitative estimate of drug-likeness (QED) is 0.245. The summed E-state index contributed by atoms with van der Waals surface area (Å²) in [6, 6.07) is 13.4. The van der Waals surface area contributed by atoms with E-state index in [1.54, 1.807) is 23.8 Å². The second kappa shape index (κ2) is 10.8. The van der Waals surface area contributed by atoms with Gasteiger partial charge in [0.25, 0.3) is 0 Å². The molecule has 0 radical (unpaired) electrons. The van der Waals surface area contributed by atoms with Gasteiger partial charge < -0.3 is 19.3 Å². The van der Waals surface area contributed by atoms with Crippen molar-refractivity contribution in [1.29, 1.82) is 0 Å². The lowest BCUT2D eigenvalue weighted by atomic mass is 9.84. The van der Waals surface area contributed by atoms with E-state index in [0.29, 0.717) is 30.0 Å². The molecule has 0 aliphatic heterocycles. The van der Waals surface area contributed by atoms with Gasteiger partial charge in [-0.3, -0.25) is 4.98 Å². The number of fused-ring (bicyclic) bond motifs is 1. The Morgan fingerprint density at radius 2 is 2.06 bits per heavy atom. The Balaban J connectivity index is 2.15. The van der Waals surface area contributed by atoms with Gasteiger partial charge >= 0.3 is 13.0 Å². The summed E-state index contributed by atoms with van der Waals surface area (Å²) in [6.45, 7) is 2.42. The number of halogens is 2. The molecule has 6 nitrogen and oxygen atoms in total. The van der Waals surface area contributed by atoms with Crippen molar-refractivity contribution in [1.82, 2.24) is 4.98 Å². The smallest absolute Gasteiger partial charge is 0.409 e. The van der Waals surface area contributed by atoms with E-state index < -0.39 is 13.0 Å². The third-order valence-electron chi connectivity index (χ3n) is 4.66. The Labute approximate surface area is 200 Å². The van der Waals surface area contributed by atoms with E-state index in [9.17, 15) is 9.82 Å². The number of carbonyl (C=O) groups excluding carboxylic acids is 1. The summed E-state index contributed by atoms with van der Waals surface area (Å²) in [7, 11) is 0.549. The molecular weight excluding hydrogens is 529 g/mol. The third kappa shape index (κ3) is 5.50. The van der Waals surface area contributed by atoms with E-state index in [1.807, 2.05) is 36.4 Å². The lowest BCUT2D eigenvalue weighted by molar-refractivity contribution is 0.0600. The number of esters is 1. The molecule has 0 spiro atoms. The van der Waals surface area contributed by atoms with Crippen LogP contribution in [0, 0.1) is 3.57 Å². The Morgan fingerprint density at radius 1 is 1.32 bits per heavy atom. The van der Waals surface area contributed by atoms with Gasteiger partial charge in [0.15, 0.2) is 0 Å². The lowest BCUT2D eigenvalue weighted by Crippen LogP contribution is -2.37. The summed E-state index contributed by atoms with van der Waals surface area (Å²) >= 11 is 7.91. The van der Waals surface area contributed by atoms with Crippen LogP contribution in [-0.2, 0) is 11.3 Å². The first-order chi connectivity index (χ1) is 15.0. The van der Waals surface area contributed by atoms with E-state index in [2.05, 4.69) is 27.6 Å². The Morgan fingerprint density at radius 3 is 2.71 bits per heavy atom. The number of benzene rings is 2. The summed E-state index contributed by atoms with van der Waals surface area (Å²) < 4.78 is 11.8. The molecule has 0 saturated carbocycles. The van der Waals surface area contributed by atoms with Crippen LogP contribution in [0.3, 0.4) is 0 Å². The maximum Gasteiger partial charge on any atom is 0.409 e. The normalized spacial score (nSPS) is 11.0. The molecule has 3 aromatic rings. The molecule has 9 heteroatoms. The SMILES string of the molecule is COC(=O)c1cnc2c(OCc3ccccc3)cc(N(C/C=C/Cl)B(C)O)c(I)c2c1. The zero-order valence-corrected chi connectivity index (χ0v) is 20.0. The first kappa shape index (κ1) is 23.4. The first-order valence-electron chi connectivity index (χ1n) is 9.53. The predicted molar refractivity (Wildman–Crippen MR) is 133 cm³/mol. The number of aromatic nitrogens is 1. The van der Waals surface area contributed by atoms with Gasteiger partial charge in [0.05, 0.1) is 12.7 Å². The van der Waals surface area contributed by atoms with Crippen molar-refractivity contribution in [2.45, 2.75) is 13.4 Å². The third-order valence-corrected chi connectivity index (χ3v) is 5.97. The number of rotatable bonds is 8. The number of pyridine rings is 1.